The number of nitrogens with one attached hydrogen (secondary N) is 3. The van der Waals surface area contributed by atoms with Crippen molar-refractivity contribution in [2.24, 2.45) is 0 Å². The van der Waals surface area contributed by atoms with Gasteiger partial charge in [-0.05, 0) is 0 Å². The van der Waals surface area contributed by atoms with E-state index in [1.54, 1.807) is 0 Å². The van der Waals surface area contributed by atoms with Crippen LogP contribution in [0.4, 0.5) is 5.95 Å². The van der Waals surface area contributed by atoms with Crippen LogP contribution in [0.1, 0.15) is 0 Å². The molecule has 0 unspecified atom stereocenters. The molecule has 52 valence electrons. The van der Waals surface area contributed by atoms with Gasteiger partial charge in [0.1, 0.15) is 0 Å². The molecular formula is C4H5N5O. The molecule has 0 bridgehead atoms. The summed E-state index contributed by atoms with van der Waals surface area (Å²) in [6, 6.07) is 1.37. The van der Waals surface area contributed by atoms with Gasteiger partial charge in [0.05, 0.1) is 0 Å². The number of rotatable bonds is 0. The first-order valence-electron chi connectivity index (χ1n) is 2.73. The van der Waals surface area contributed by atoms with Gasteiger partial charge >= 0.3 is 0 Å². The maximum atomic E-state index is 10.9. The number of nitrogens with zero attached hydrogens (tertiary/aromatic N) is 2. The molecule has 2 heterocycles. The lowest BCUT2D eigenvalue weighted by Crippen LogP contribution is -2.29. The van der Waals surface area contributed by atoms with Gasteiger partial charge in [-0.3, -0.25) is 10.2 Å². The predicted octanol–water partition coefficient (Wildman–Crippen LogP) is -1.37. The topological polar surface area (TPSA) is 71.0 Å². The molecule has 0 aliphatic carbocycles. The predicted molar refractivity (Wildman–Crippen MR) is 34.6 cm³/mol. The second kappa shape index (κ2) is 1.71. The van der Waals surface area contributed by atoms with E-state index in [4.69, 9.17) is 0 Å². The molecule has 6 heteroatoms. The Balaban J connectivity index is 2.70. The van der Waals surface area contributed by atoms with E-state index in [-0.39, 0.29) is 5.56 Å². The summed E-state index contributed by atoms with van der Waals surface area (Å²) in [4.78, 5) is 14.7. The largest absolute Gasteiger partial charge is 0.274 e. The first-order valence-corrected chi connectivity index (χ1v) is 2.73. The molecule has 0 amide bonds. The third-order valence-electron chi connectivity index (χ3n) is 1.19. The molecule has 0 radical (unpaired) electrons. The van der Waals surface area contributed by atoms with Crippen LogP contribution in [0.2, 0.25) is 0 Å². The van der Waals surface area contributed by atoms with Crippen LogP contribution in [0, 0.1) is 0 Å². The van der Waals surface area contributed by atoms with Gasteiger partial charge in [0.25, 0.3) is 5.56 Å². The third kappa shape index (κ3) is 0.560. The lowest BCUT2D eigenvalue weighted by Gasteiger charge is -1.94. The van der Waals surface area contributed by atoms with Crippen molar-refractivity contribution in [1.29, 1.82) is 0 Å². The van der Waals surface area contributed by atoms with Crippen molar-refractivity contribution in [1.82, 2.24) is 15.2 Å². The molecule has 0 spiro atoms. The van der Waals surface area contributed by atoms with Crippen molar-refractivity contribution in [2.45, 2.75) is 0 Å². The molecule has 10 heavy (non-hydrogen) atoms. The Morgan fingerprint density at radius 3 is 3.30 bits per heavy atom. The highest BCUT2D eigenvalue weighted by Crippen LogP contribution is 1.95. The number of hydrazine groups is 2. The Bertz CT molecular complexity index is 305. The van der Waals surface area contributed by atoms with Crippen LogP contribution in [0.25, 0.3) is 0 Å². The number of fused-ring (bicyclic) bond motifs is 1. The zero-order chi connectivity index (χ0) is 6.97. The highest BCUT2D eigenvalue weighted by molar-refractivity contribution is 5.27. The SMILES string of the molecule is O=c1ccnc2n1NNN2. The van der Waals surface area contributed by atoms with Gasteiger partial charge in [0.2, 0.25) is 5.95 Å². The Morgan fingerprint density at radius 2 is 2.50 bits per heavy atom. The van der Waals surface area contributed by atoms with Gasteiger partial charge in [-0.25, -0.2) is 10.5 Å². The molecule has 0 aromatic carbocycles. The molecule has 1 aliphatic rings. The monoisotopic (exact) mass is 139 g/mol. The average molecular weight is 139 g/mol. The first-order chi connectivity index (χ1) is 4.88. The molecule has 2 rings (SSSR count). The lowest BCUT2D eigenvalue weighted by atomic mass is 10.6. The Morgan fingerprint density at radius 1 is 1.60 bits per heavy atom. The molecule has 0 saturated carbocycles. The highest BCUT2D eigenvalue weighted by atomic mass is 16.1. The van der Waals surface area contributed by atoms with E-state index in [1.165, 1.54) is 16.9 Å². The maximum Gasteiger partial charge on any atom is 0.274 e. The van der Waals surface area contributed by atoms with E-state index in [2.05, 4.69) is 21.5 Å². The van der Waals surface area contributed by atoms with Crippen LogP contribution in [0.3, 0.4) is 0 Å². The van der Waals surface area contributed by atoms with Gasteiger partial charge in [0.15, 0.2) is 0 Å². The third-order valence-corrected chi connectivity index (χ3v) is 1.19. The number of aromatic nitrogens is 2. The zero-order valence-corrected chi connectivity index (χ0v) is 4.96. The second-order valence-electron chi connectivity index (χ2n) is 1.80. The smallest absolute Gasteiger partial charge is 0.270 e. The lowest BCUT2D eigenvalue weighted by molar-refractivity contribution is 0.817. The summed E-state index contributed by atoms with van der Waals surface area (Å²) in [5, 5.41) is 0. The quantitative estimate of drug-likeness (QED) is 0.413. The number of hydrogen-bond acceptors (Lipinski definition) is 5. The average Bonchev–Trinajstić information content (AvgIpc) is 2.36. The first kappa shape index (κ1) is 5.24. The fourth-order valence-electron chi connectivity index (χ4n) is 0.744. The minimum atomic E-state index is -0.150. The van der Waals surface area contributed by atoms with Crippen molar-refractivity contribution in [2.75, 3.05) is 11.0 Å². The molecule has 1 aromatic heterocycles. The normalized spacial score (nSPS) is 13.6. The minimum absolute atomic E-state index is 0.150. The van der Waals surface area contributed by atoms with E-state index >= 15 is 0 Å². The van der Waals surface area contributed by atoms with Gasteiger partial charge in [-0.1, -0.05) is 0 Å². The van der Waals surface area contributed by atoms with Gasteiger partial charge in [-0.2, -0.15) is 4.68 Å². The van der Waals surface area contributed by atoms with Crippen LogP contribution in [0.15, 0.2) is 17.1 Å². The summed E-state index contributed by atoms with van der Waals surface area (Å²) in [5.74, 6) is 0.465. The van der Waals surface area contributed by atoms with Crippen LogP contribution in [-0.2, 0) is 0 Å². The van der Waals surface area contributed by atoms with E-state index < -0.39 is 0 Å². The number of anilines is 1. The van der Waals surface area contributed by atoms with Crippen LogP contribution in [0.5, 0.6) is 0 Å². The van der Waals surface area contributed by atoms with Crippen molar-refractivity contribution in [3.8, 4) is 0 Å². The summed E-state index contributed by atoms with van der Waals surface area (Å²) in [5.41, 5.74) is 7.56. The molecule has 0 fully saturated rings. The minimum Gasteiger partial charge on any atom is -0.270 e. The van der Waals surface area contributed by atoms with Crippen molar-refractivity contribution >= 4 is 5.95 Å². The van der Waals surface area contributed by atoms with Gasteiger partial charge in [-0.15, -0.1) is 5.53 Å². The summed E-state index contributed by atoms with van der Waals surface area (Å²) < 4.78 is 1.26. The highest BCUT2D eigenvalue weighted by Gasteiger charge is 2.07. The van der Waals surface area contributed by atoms with Crippen LogP contribution >= 0.6 is 0 Å². The Labute approximate surface area is 55.8 Å². The van der Waals surface area contributed by atoms with Crippen molar-refractivity contribution in [3.05, 3.63) is 22.6 Å². The van der Waals surface area contributed by atoms with Crippen molar-refractivity contribution in [3.63, 3.8) is 0 Å². The van der Waals surface area contributed by atoms with Gasteiger partial charge in [0, 0.05) is 12.3 Å². The molecule has 3 N–H and O–H groups in total. The fourth-order valence-corrected chi connectivity index (χ4v) is 0.744. The fraction of sp³-hybridized carbons (Fsp3) is 0. The standard InChI is InChI=1S/C4H5N5O/c10-3-1-2-5-4-6-7-8-9(3)4/h1-2,7-8H,(H,5,6). The van der Waals surface area contributed by atoms with E-state index in [0.717, 1.165) is 0 Å². The Kier molecular flexibility index (Phi) is 0.896. The molecule has 0 saturated heterocycles. The molecule has 1 aromatic rings. The van der Waals surface area contributed by atoms with E-state index in [0.29, 0.717) is 5.95 Å². The molecule has 1 aliphatic heterocycles. The van der Waals surface area contributed by atoms with E-state index in [9.17, 15) is 4.79 Å². The van der Waals surface area contributed by atoms with Crippen molar-refractivity contribution < 1.29 is 0 Å². The summed E-state index contributed by atoms with van der Waals surface area (Å²) >= 11 is 0. The summed E-state index contributed by atoms with van der Waals surface area (Å²) in [7, 11) is 0. The second-order valence-corrected chi connectivity index (χ2v) is 1.80. The Hall–Kier alpha value is -1.56. The molecule has 6 nitrogen and oxygen atoms in total. The molecular weight excluding hydrogens is 134 g/mol. The van der Waals surface area contributed by atoms with Crippen LogP contribution in [-0.4, -0.2) is 9.66 Å². The maximum absolute atomic E-state index is 10.9. The zero-order valence-electron chi connectivity index (χ0n) is 4.96. The number of hydrogen-bond donors (Lipinski definition) is 3. The summed E-state index contributed by atoms with van der Waals surface area (Å²) in [6.07, 6.45) is 1.44. The van der Waals surface area contributed by atoms with Gasteiger partial charge < -0.3 is 0 Å². The van der Waals surface area contributed by atoms with Crippen LogP contribution < -0.4 is 22.1 Å². The molecule has 0 atom stereocenters. The van der Waals surface area contributed by atoms with E-state index in [1.807, 2.05) is 0 Å². The summed E-state index contributed by atoms with van der Waals surface area (Å²) in [6.45, 7) is 0.